The monoisotopic (exact) mass is 477 g/mol. The fourth-order valence-corrected chi connectivity index (χ4v) is 3.05. The molecule has 0 N–H and O–H groups in total. The maximum atomic E-state index is 12.3. The molecule has 0 radical (unpaired) electrons. The van der Waals surface area contributed by atoms with Crippen LogP contribution in [0.2, 0.25) is 0 Å². The largest absolute Gasteiger partial charge is 0.497 e. The van der Waals surface area contributed by atoms with Gasteiger partial charge in [-0.1, -0.05) is 29.5 Å². The van der Waals surface area contributed by atoms with Crippen molar-refractivity contribution in [3.05, 3.63) is 74.6 Å². The van der Waals surface area contributed by atoms with Gasteiger partial charge in [-0.25, -0.2) is 9.48 Å². The van der Waals surface area contributed by atoms with Gasteiger partial charge in [0.15, 0.2) is 5.69 Å². The second-order valence-electron chi connectivity index (χ2n) is 5.91. The summed E-state index contributed by atoms with van der Waals surface area (Å²) in [5.41, 5.74) is 3.13. The zero-order valence-electron chi connectivity index (χ0n) is 15.2. The quantitative estimate of drug-likeness (QED) is 0.384. The third-order valence-corrected chi connectivity index (χ3v) is 4.80. The van der Waals surface area contributed by atoms with Crippen LogP contribution < -0.4 is 4.74 Å². The van der Waals surface area contributed by atoms with Gasteiger partial charge in [0.05, 0.1) is 26.0 Å². The van der Waals surface area contributed by atoms with Crippen molar-refractivity contribution in [3.63, 3.8) is 0 Å². The Balaban J connectivity index is 1.91. The van der Waals surface area contributed by atoms with Gasteiger partial charge in [0.25, 0.3) is 0 Å². The van der Waals surface area contributed by atoms with E-state index in [-0.39, 0.29) is 5.69 Å². The Bertz CT molecular complexity index is 905. The minimum atomic E-state index is -0.445. The molecule has 0 amide bonds. The fraction of sp³-hybridized carbons (Fsp3) is 0.250. The van der Waals surface area contributed by atoms with E-state index in [0.717, 1.165) is 26.1 Å². The van der Waals surface area contributed by atoms with Crippen LogP contribution in [0.15, 0.2) is 48.5 Å². The highest BCUT2D eigenvalue weighted by atomic mass is 127. The van der Waals surface area contributed by atoms with Crippen LogP contribution in [0, 0.1) is 3.57 Å². The first kappa shape index (κ1) is 19.3. The maximum absolute atomic E-state index is 12.3. The number of nitrogens with zero attached hydrogens (tertiary/aromatic N) is 3. The molecule has 3 rings (SSSR count). The van der Waals surface area contributed by atoms with Crippen molar-refractivity contribution in [3.8, 4) is 5.75 Å². The predicted octanol–water partition coefficient (Wildman–Crippen LogP) is 3.71. The van der Waals surface area contributed by atoms with Crippen molar-refractivity contribution in [1.82, 2.24) is 15.0 Å². The van der Waals surface area contributed by atoms with Gasteiger partial charge < -0.3 is 9.47 Å². The molecule has 7 heteroatoms. The van der Waals surface area contributed by atoms with Crippen LogP contribution in [-0.4, -0.2) is 34.7 Å². The van der Waals surface area contributed by atoms with E-state index in [1.54, 1.807) is 18.7 Å². The molecule has 0 bridgehead atoms. The molecule has 0 atom stereocenters. The zero-order chi connectivity index (χ0) is 19.2. The molecule has 0 unspecified atom stereocenters. The van der Waals surface area contributed by atoms with Crippen LogP contribution in [0.3, 0.4) is 0 Å². The summed E-state index contributed by atoms with van der Waals surface area (Å²) in [7, 11) is 1.64. The summed E-state index contributed by atoms with van der Waals surface area (Å²) in [6.07, 6.45) is 0.550. The number of methoxy groups -OCH3 is 1. The van der Waals surface area contributed by atoms with Gasteiger partial charge in [-0.2, -0.15) is 0 Å². The molecule has 1 heterocycles. The average Bonchev–Trinajstić information content (AvgIpc) is 3.07. The second-order valence-corrected chi connectivity index (χ2v) is 7.16. The Kier molecular flexibility index (Phi) is 6.44. The number of hydrogen-bond acceptors (Lipinski definition) is 5. The van der Waals surface area contributed by atoms with Crippen molar-refractivity contribution >= 4 is 28.6 Å². The highest BCUT2D eigenvalue weighted by Gasteiger charge is 2.21. The van der Waals surface area contributed by atoms with E-state index in [1.807, 2.05) is 48.5 Å². The lowest BCUT2D eigenvalue weighted by molar-refractivity contribution is 0.0518. The third-order valence-electron chi connectivity index (χ3n) is 4.08. The van der Waals surface area contributed by atoms with Gasteiger partial charge in [-0.15, -0.1) is 5.10 Å². The second kappa shape index (κ2) is 8.98. The number of carbonyl (C=O) groups is 1. The van der Waals surface area contributed by atoms with Gasteiger partial charge >= 0.3 is 5.97 Å². The summed E-state index contributed by atoms with van der Waals surface area (Å²) < 4.78 is 13.3. The molecule has 0 saturated carbocycles. The molecule has 6 nitrogen and oxygen atoms in total. The van der Waals surface area contributed by atoms with Crippen LogP contribution in [-0.2, 0) is 17.7 Å². The minimum Gasteiger partial charge on any atom is -0.497 e. The Morgan fingerprint density at radius 2 is 1.74 bits per heavy atom. The number of aromatic nitrogens is 3. The number of rotatable bonds is 7. The molecule has 0 aliphatic rings. The van der Waals surface area contributed by atoms with E-state index in [1.165, 1.54) is 0 Å². The smallest absolute Gasteiger partial charge is 0.360 e. The lowest BCUT2D eigenvalue weighted by atomic mass is 10.1. The molecule has 0 spiro atoms. The molecule has 2 aromatic carbocycles. The van der Waals surface area contributed by atoms with E-state index in [2.05, 4.69) is 32.9 Å². The van der Waals surface area contributed by atoms with Gasteiger partial charge in [-0.05, 0) is 64.9 Å². The van der Waals surface area contributed by atoms with E-state index in [9.17, 15) is 4.79 Å². The van der Waals surface area contributed by atoms with E-state index < -0.39 is 5.97 Å². The molecule has 27 heavy (non-hydrogen) atoms. The molecule has 0 aliphatic heterocycles. The molecular formula is C20H20IN3O3. The first-order chi connectivity index (χ1) is 13.1. The average molecular weight is 477 g/mol. The topological polar surface area (TPSA) is 66.2 Å². The van der Waals surface area contributed by atoms with E-state index in [0.29, 0.717) is 19.6 Å². The van der Waals surface area contributed by atoms with E-state index in [4.69, 9.17) is 9.47 Å². The van der Waals surface area contributed by atoms with Crippen LogP contribution in [0.5, 0.6) is 5.75 Å². The van der Waals surface area contributed by atoms with Crippen LogP contribution in [0.1, 0.15) is 34.2 Å². The standard InChI is InChI=1S/C20H20IN3O3/c1-3-27-20(25)19-18(12-14-4-8-16(21)9-5-14)24(23-22-19)13-15-6-10-17(26-2)11-7-15/h4-11H,3,12-13H2,1-2H3. The van der Waals surface area contributed by atoms with Crippen LogP contribution >= 0.6 is 22.6 Å². The fourth-order valence-electron chi connectivity index (χ4n) is 2.69. The maximum Gasteiger partial charge on any atom is 0.360 e. The summed E-state index contributed by atoms with van der Waals surface area (Å²) in [6, 6.07) is 15.9. The summed E-state index contributed by atoms with van der Waals surface area (Å²) in [4.78, 5) is 12.3. The molecule has 1 aromatic heterocycles. The highest BCUT2D eigenvalue weighted by Crippen LogP contribution is 2.18. The predicted molar refractivity (Wildman–Crippen MR) is 110 cm³/mol. The third kappa shape index (κ3) is 4.85. The lowest BCUT2D eigenvalue weighted by Crippen LogP contribution is -2.12. The Hall–Kier alpha value is -2.42. The Morgan fingerprint density at radius 3 is 2.37 bits per heavy atom. The number of carbonyl (C=O) groups excluding carboxylic acids is 1. The van der Waals surface area contributed by atoms with Crippen molar-refractivity contribution < 1.29 is 14.3 Å². The molecule has 3 aromatic rings. The van der Waals surface area contributed by atoms with E-state index >= 15 is 0 Å². The first-order valence-electron chi connectivity index (χ1n) is 8.57. The molecular weight excluding hydrogens is 457 g/mol. The normalized spacial score (nSPS) is 10.6. The number of halogens is 1. The van der Waals surface area contributed by atoms with Gasteiger partial charge in [-0.3, -0.25) is 0 Å². The SMILES string of the molecule is CCOC(=O)c1nnn(Cc2ccc(OC)cc2)c1Cc1ccc(I)cc1. The number of hydrogen-bond donors (Lipinski definition) is 0. The highest BCUT2D eigenvalue weighted by molar-refractivity contribution is 14.1. The van der Waals surface area contributed by atoms with Crippen molar-refractivity contribution in [2.75, 3.05) is 13.7 Å². The Labute approximate surface area is 171 Å². The van der Waals surface area contributed by atoms with Crippen LogP contribution in [0.4, 0.5) is 0 Å². The number of esters is 1. The van der Waals surface area contributed by atoms with Crippen molar-refractivity contribution in [2.24, 2.45) is 0 Å². The number of ether oxygens (including phenoxy) is 2. The molecule has 0 fully saturated rings. The number of benzene rings is 2. The summed E-state index contributed by atoms with van der Waals surface area (Å²) in [5.74, 6) is 0.350. The Morgan fingerprint density at radius 1 is 1.07 bits per heavy atom. The summed E-state index contributed by atoms with van der Waals surface area (Å²) in [5, 5.41) is 8.29. The summed E-state index contributed by atoms with van der Waals surface area (Å²) in [6.45, 7) is 2.59. The molecule has 140 valence electrons. The first-order valence-corrected chi connectivity index (χ1v) is 9.65. The zero-order valence-corrected chi connectivity index (χ0v) is 17.3. The van der Waals surface area contributed by atoms with Gasteiger partial charge in [0.1, 0.15) is 5.75 Å². The van der Waals surface area contributed by atoms with Gasteiger partial charge in [0.2, 0.25) is 0 Å². The lowest BCUT2D eigenvalue weighted by Gasteiger charge is -2.09. The van der Waals surface area contributed by atoms with Crippen molar-refractivity contribution in [1.29, 1.82) is 0 Å². The minimum absolute atomic E-state index is 0.268. The van der Waals surface area contributed by atoms with Gasteiger partial charge in [0, 0.05) is 9.99 Å². The molecule has 0 aliphatic carbocycles. The summed E-state index contributed by atoms with van der Waals surface area (Å²) >= 11 is 2.27. The molecule has 0 saturated heterocycles. The van der Waals surface area contributed by atoms with Crippen molar-refractivity contribution in [2.45, 2.75) is 19.9 Å². The van der Waals surface area contributed by atoms with Crippen LogP contribution in [0.25, 0.3) is 0 Å².